The predicted molar refractivity (Wildman–Crippen MR) is 77.9 cm³/mol. The van der Waals surface area contributed by atoms with E-state index >= 15 is 0 Å². The lowest BCUT2D eigenvalue weighted by Gasteiger charge is -2.34. The number of carbonyl (C=O) groups excluding carboxylic acids is 1. The molecule has 0 radical (unpaired) electrons. The quantitative estimate of drug-likeness (QED) is 0.677. The number of nitrogens with two attached hydrogens (primary N) is 1. The van der Waals surface area contributed by atoms with E-state index < -0.39 is 0 Å². The fraction of sp³-hybridized carbons (Fsp3) is 0.933. The van der Waals surface area contributed by atoms with Crippen LogP contribution in [-0.2, 0) is 4.79 Å². The lowest BCUT2D eigenvalue weighted by Crippen LogP contribution is -2.49. The molecule has 1 amide bonds. The van der Waals surface area contributed by atoms with Crippen molar-refractivity contribution in [3.8, 4) is 0 Å². The molecule has 19 heavy (non-hydrogen) atoms. The van der Waals surface area contributed by atoms with Crippen LogP contribution >= 0.6 is 0 Å². The fourth-order valence-corrected chi connectivity index (χ4v) is 2.78. The molecule has 2 fully saturated rings. The van der Waals surface area contributed by atoms with Crippen molar-refractivity contribution in [2.24, 2.45) is 11.7 Å². The highest BCUT2D eigenvalue weighted by Crippen LogP contribution is 2.29. The molecule has 110 valence electrons. The van der Waals surface area contributed by atoms with Crippen molar-refractivity contribution < 1.29 is 4.79 Å². The van der Waals surface area contributed by atoms with Gasteiger partial charge in [-0.05, 0) is 38.1 Å². The second kappa shape index (κ2) is 7.85. The predicted octanol–water partition coefficient (Wildman–Crippen LogP) is 1.45. The van der Waals surface area contributed by atoms with Crippen molar-refractivity contribution in [1.29, 1.82) is 0 Å². The monoisotopic (exact) mass is 267 g/mol. The summed E-state index contributed by atoms with van der Waals surface area (Å²) in [6.45, 7) is 6.07. The Bertz CT molecular complexity index is 271. The zero-order valence-electron chi connectivity index (χ0n) is 12.1. The van der Waals surface area contributed by atoms with Crippen LogP contribution in [0.3, 0.4) is 0 Å². The fourth-order valence-electron chi connectivity index (χ4n) is 2.78. The molecule has 1 aliphatic carbocycles. The van der Waals surface area contributed by atoms with E-state index in [1.807, 2.05) is 0 Å². The van der Waals surface area contributed by atoms with Crippen LogP contribution in [0.1, 0.15) is 44.9 Å². The molecule has 0 unspecified atom stereocenters. The first-order chi connectivity index (χ1) is 9.29. The Kier molecular flexibility index (Phi) is 6.11. The van der Waals surface area contributed by atoms with Gasteiger partial charge in [0.25, 0.3) is 0 Å². The summed E-state index contributed by atoms with van der Waals surface area (Å²) in [5.74, 6) is 1.32. The second-order valence-corrected chi connectivity index (χ2v) is 6.08. The third-order valence-corrected chi connectivity index (χ3v) is 4.28. The Hall–Kier alpha value is -0.610. The van der Waals surface area contributed by atoms with Crippen molar-refractivity contribution in [3.63, 3.8) is 0 Å². The summed E-state index contributed by atoms with van der Waals surface area (Å²) in [7, 11) is 0. The van der Waals surface area contributed by atoms with Crippen LogP contribution in [0.15, 0.2) is 0 Å². The Morgan fingerprint density at radius 2 is 1.68 bits per heavy atom. The first-order valence-corrected chi connectivity index (χ1v) is 8.00. The van der Waals surface area contributed by atoms with E-state index in [0.717, 1.165) is 64.3 Å². The Labute approximate surface area is 117 Å². The van der Waals surface area contributed by atoms with Crippen LogP contribution < -0.4 is 5.73 Å². The van der Waals surface area contributed by atoms with E-state index in [1.165, 1.54) is 25.8 Å². The Morgan fingerprint density at radius 1 is 1.00 bits per heavy atom. The number of amides is 1. The third-order valence-electron chi connectivity index (χ3n) is 4.28. The van der Waals surface area contributed by atoms with Crippen LogP contribution in [0.2, 0.25) is 0 Å². The SMILES string of the molecule is NCCCCCCC(=O)N1CCN(CC2CC2)CC1. The zero-order chi connectivity index (χ0) is 13.5. The van der Waals surface area contributed by atoms with E-state index in [2.05, 4.69) is 9.80 Å². The highest BCUT2D eigenvalue weighted by atomic mass is 16.2. The van der Waals surface area contributed by atoms with Gasteiger partial charge in [-0.25, -0.2) is 0 Å². The van der Waals surface area contributed by atoms with Gasteiger partial charge in [0.2, 0.25) is 5.91 Å². The van der Waals surface area contributed by atoms with Gasteiger partial charge in [0.1, 0.15) is 0 Å². The smallest absolute Gasteiger partial charge is 0.222 e. The number of hydrogen-bond acceptors (Lipinski definition) is 3. The summed E-state index contributed by atoms with van der Waals surface area (Å²) >= 11 is 0. The maximum Gasteiger partial charge on any atom is 0.222 e. The molecular formula is C15H29N3O. The molecule has 4 heteroatoms. The molecule has 0 aromatic rings. The first kappa shape index (κ1) is 14.8. The molecule has 1 saturated heterocycles. The van der Waals surface area contributed by atoms with E-state index in [9.17, 15) is 4.79 Å². The Morgan fingerprint density at radius 3 is 2.32 bits per heavy atom. The molecule has 0 spiro atoms. The van der Waals surface area contributed by atoms with Crippen molar-refractivity contribution in [1.82, 2.24) is 9.80 Å². The molecule has 1 heterocycles. The molecule has 2 N–H and O–H groups in total. The number of rotatable bonds is 8. The average molecular weight is 267 g/mol. The normalized spacial score (nSPS) is 20.8. The maximum absolute atomic E-state index is 12.1. The summed E-state index contributed by atoms with van der Waals surface area (Å²) < 4.78 is 0. The van der Waals surface area contributed by atoms with E-state index in [4.69, 9.17) is 5.73 Å². The summed E-state index contributed by atoms with van der Waals surface area (Å²) in [6, 6.07) is 0. The minimum Gasteiger partial charge on any atom is -0.340 e. The lowest BCUT2D eigenvalue weighted by atomic mass is 10.1. The van der Waals surface area contributed by atoms with Crippen molar-refractivity contribution in [3.05, 3.63) is 0 Å². The van der Waals surface area contributed by atoms with Gasteiger partial charge in [0, 0.05) is 39.1 Å². The minimum atomic E-state index is 0.360. The molecule has 0 bridgehead atoms. The molecule has 0 atom stereocenters. The van der Waals surface area contributed by atoms with Crippen LogP contribution in [0.25, 0.3) is 0 Å². The van der Waals surface area contributed by atoms with Gasteiger partial charge in [-0.1, -0.05) is 12.8 Å². The highest BCUT2D eigenvalue weighted by Gasteiger charge is 2.27. The summed E-state index contributed by atoms with van der Waals surface area (Å²) in [6.07, 6.45) is 8.00. The molecule has 1 aliphatic heterocycles. The van der Waals surface area contributed by atoms with Gasteiger partial charge >= 0.3 is 0 Å². The van der Waals surface area contributed by atoms with Gasteiger partial charge in [-0.2, -0.15) is 0 Å². The average Bonchev–Trinajstić information content (AvgIpc) is 3.23. The maximum atomic E-state index is 12.1. The minimum absolute atomic E-state index is 0.360. The molecule has 2 aliphatic rings. The van der Waals surface area contributed by atoms with Crippen LogP contribution in [0, 0.1) is 5.92 Å². The first-order valence-electron chi connectivity index (χ1n) is 8.00. The zero-order valence-corrected chi connectivity index (χ0v) is 12.1. The standard InChI is InChI=1S/C15H29N3O/c16-8-4-2-1-3-5-15(19)18-11-9-17(10-12-18)13-14-6-7-14/h14H,1-13,16H2. The number of hydrogen-bond donors (Lipinski definition) is 1. The molecular weight excluding hydrogens is 238 g/mol. The summed E-state index contributed by atoms with van der Waals surface area (Å²) in [5.41, 5.74) is 5.46. The van der Waals surface area contributed by atoms with Gasteiger partial charge in [-0.3, -0.25) is 9.69 Å². The summed E-state index contributed by atoms with van der Waals surface area (Å²) in [5, 5.41) is 0. The number of nitrogens with zero attached hydrogens (tertiary/aromatic N) is 2. The number of unbranched alkanes of at least 4 members (excludes halogenated alkanes) is 3. The summed E-state index contributed by atoms with van der Waals surface area (Å²) in [4.78, 5) is 16.6. The van der Waals surface area contributed by atoms with Crippen LogP contribution in [-0.4, -0.2) is 55.0 Å². The molecule has 0 aromatic carbocycles. The number of piperazine rings is 1. The number of carbonyl (C=O) groups is 1. The van der Waals surface area contributed by atoms with Crippen LogP contribution in [0.5, 0.6) is 0 Å². The van der Waals surface area contributed by atoms with Gasteiger partial charge in [0.05, 0.1) is 0 Å². The topological polar surface area (TPSA) is 49.6 Å². The second-order valence-electron chi connectivity index (χ2n) is 6.08. The third kappa shape index (κ3) is 5.49. The van der Waals surface area contributed by atoms with Gasteiger partial charge in [0.15, 0.2) is 0 Å². The molecule has 1 saturated carbocycles. The van der Waals surface area contributed by atoms with Crippen LogP contribution in [0.4, 0.5) is 0 Å². The lowest BCUT2D eigenvalue weighted by molar-refractivity contribution is -0.133. The van der Waals surface area contributed by atoms with Gasteiger partial charge < -0.3 is 10.6 Å². The van der Waals surface area contributed by atoms with Crippen molar-refractivity contribution in [2.75, 3.05) is 39.3 Å². The molecule has 2 rings (SSSR count). The van der Waals surface area contributed by atoms with Crippen molar-refractivity contribution in [2.45, 2.75) is 44.9 Å². The van der Waals surface area contributed by atoms with Gasteiger partial charge in [-0.15, -0.1) is 0 Å². The van der Waals surface area contributed by atoms with E-state index in [-0.39, 0.29) is 0 Å². The van der Waals surface area contributed by atoms with E-state index in [1.54, 1.807) is 0 Å². The Balaban J connectivity index is 1.53. The largest absolute Gasteiger partial charge is 0.340 e. The molecule has 4 nitrogen and oxygen atoms in total. The molecule has 0 aromatic heterocycles. The van der Waals surface area contributed by atoms with Crippen molar-refractivity contribution >= 4 is 5.91 Å². The highest BCUT2D eigenvalue weighted by molar-refractivity contribution is 5.76. The van der Waals surface area contributed by atoms with E-state index in [0.29, 0.717) is 5.91 Å².